The predicted molar refractivity (Wildman–Crippen MR) is 116 cm³/mol. The van der Waals surface area contributed by atoms with Gasteiger partial charge in [0.05, 0.1) is 43.0 Å². The lowest BCUT2D eigenvalue weighted by atomic mass is 10.1. The molecule has 0 aliphatic carbocycles. The summed E-state index contributed by atoms with van der Waals surface area (Å²) < 4.78 is 7.26. The Morgan fingerprint density at radius 2 is 1.60 bits per heavy atom. The molecule has 0 aliphatic heterocycles. The second kappa shape index (κ2) is 8.16. The van der Waals surface area contributed by atoms with Gasteiger partial charge < -0.3 is 19.7 Å². The lowest BCUT2D eigenvalue weighted by Gasteiger charge is -2.16. The van der Waals surface area contributed by atoms with Gasteiger partial charge in [-0.25, -0.2) is 0 Å². The van der Waals surface area contributed by atoms with Crippen LogP contribution in [-0.2, 0) is 6.54 Å². The summed E-state index contributed by atoms with van der Waals surface area (Å²) >= 11 is 0. The van der Waals surface area contributed by atoms with Crippen LogP contribution in [0.1, 0.15) is 11.1 Å². The lowest BCUT2D eigenvalue weighted by molar-refractivity contribution is 0.169. The molecule has 0 bridgehead atoms. The number of aliphatic hydroxyl groups is 1. The van der Waals surface area contributed by atoms with Crippen LogP contribution in [0.5, 0.6) is 5.75 Å². The first kappa shape index (κ1) is 19.3. The maximum Gasteiger partial charge on any atom is 0.120 e. The Bertz CT molecular complexity index is 1240. The van der Waals surface area contributed by atoms with Crippen LogP contribution in [0, 0.1) is 22.7 Å². The maximum atomic E-state index is 10.7. The van der Waals surface area contributed by atoms with Gasteiger partial charge in [0.2, 0.25) is 0 Å². The molecule has 4 aromatic rings. The van der Waals surface area contributed by atoms with E-state index in [1.54, 1.807) is 19.2 Å². The van der Waals surface area contributed by atoms with Gasteiger partial charge in [-0.2, -0.15) is 10.5 Å². The maximum absolute atomic E-state index is 10.7. The number of methoxy groups -OCH3 is 1. The Kier molecular flexibility index (Phi) is 5.26. The summed E-state index contributed by atoms with van der Waals surface area (Å²) in [5, 5.41) is 34.3. The fourth-order valence-corrected chi connectivity index (χ4v) is 3.68. The third-order valence-corrected chi connectivity index (χ3v) is 5.13. The van der Waals surface area contributed by atoms with Crippen molar-refractivity contribution < 1.29 is 9.84 Å². The Hall–Kier alpha value is -4.00. The highest BCUT2D eigenvalue weighted by Gasteiger charge is 2.15. The van der Waals surface area contributed by atoms with Gasteiger partial charge in [0.1, 0.15) is 5.75 Å². The Morgan fingerprint density at radius 3 is 2.17 bits per heavy atom. The number of anilines is 1. The summed E-state index contributed by atoms with van der Waals surface area (Å²) in [7, 11) is 1.62. The molecular weight excluding hydrogens is 376 g/mol. The molecular formula is C24H20N4O2. The second-order valence-corrected chi connectivity index (χ2v) is 7.06. The summed E-state index contributed by atoms with van der Waals surface area (Å²) in [6.07, 6.45) is -0.652. The van der Waals surface area contributed by atoms with Crippen LogP contribution >= 0.6 is 0 Å². The van der Waals surface area contributed by atoms with Gasteiger partial charge >= 0.3 is 0 Å². The average molecular weight is 396 g/mol. The van der Waals surface area contributed by atoms with Crippen LogP contribution in [0.4, 0.5) is 5.69 Å². The summed E-state index contributed by atoms with van der Waals surface area (Å²) in [5.41, 5.74) is 3.82. The molecule has 0 radical (unpaired) electrons. The van der Waals surface area contributed by atoms with Crippen LogP contribution in [0.3, 0.4) is 0 Å². The zero-order chi connectivity index (χ0) is 21.1. The van der Waals surface area contributed by atoms with Gasteiger partial charge in [-0.15, -0.1) is 0 Å². The Morgan fingerprint density at radius 1 is 0.967 bits per heavy atom. The molecule has 0 aliphatic rings. The van der Waals surface area contributed by atoms with Crippen molar-refractivity contribution >= 4 is 27.5 Å². The molecule has 6 heteroatoms. The molecule has 0 saturated carbocycles. The number of ether oxygens (including phenoxy) is 1. The van der Waals surface area contributed by atoms with Gasteiger partial charge in [-0.05, 0) is 48.5 Å². The van der Waals surface area contributed by atoms with Crippen LogP contribution in [0.15, 0.2) is 60.7 Å². The van der Waals surface area contributed by atoms with Crippen molar-refractivity contribution in [2.75, 3.05) is 19.0 Å². The third-order valence-electron chi connectivity index (χ3n) is 5.13. The van der Waals surface area contributed by atoms with Crippen molar-refractivity contribution in [1.29, 1.82) is 10.5 Å². The molecule has 0 fully saturated rings. The van der Waals surface area contributed by atoms with E-state index in [1.807, 2.05) is 53.1 Å². The van der Waals surface area contributed by atoms with E-state index in [9.17, 15) is 15.6 Å². The van der Waals surface area contributed by atoms with Crippen molar-refractivity contribution in [3.05, 3.63) is 71.8 Å². The molecule has 1 unspecified atom stereocenters. The second-order valence-electron chi connectivity index (χ2n) is 7.06. The molecule has 0 amide bonds. The molecule has 4 rings (SSSR count). The van der Waals surface area contributed by atoms with Gasteiger partial charge in [0.15, 0.2) is 0 Å². The van der Waals surface area contributed by atoms with Crippen molar-refractivity contribution in [2.45, 2.75) is 12.6 Å². The van der Waals surface area contributed by atoms with Gasteiger partial charge in [0.25, 0.3) is 0 Å². The molecule has 1 heterocycles. The summed E-state index contributed by atoms with van der Waals surface area (Å²) in [6.45, 7) is 0.732. The molecule has 0 spiro atoms. The van der Waals surface area contributed by atoms with Crippen LogP contribution in [0.2, 0.25) is 0 Å². The molecule has 2 N–H and O–H groups in total. The topological polar surface area (TPSA) is 94.0 Å². The normalized spacial score (nSPS) is 11.7. The number of hydrogen-bond acceptors (Lipinski definition) is 5. The van der Waals surface area contributed by atoms with Crippen LogP contribution < -0.4 is 10.1 Å². The minimum atomic E-state index is -0.652. The molecule has 1 aromatic heterocycles. The zero-order valence-corrected chi connectivity index (χ0v) is 16.5. The predicted octanol–water partition coefficient (Wildman–Crippen LogP) is 4.02. The highest BCUT2D eigenvalue weighted by molar-refractivity contribution is 6.08. The number of nitrogens with zero attached hydrogens (tertiary/aromatic N) is 3. The number of hydrogen-bond donors (Lipinski definition) is 2. The lowest BCUT2D eigenvalue weighted by Crippen LogP contribution is -2.24. The number of aromatic nitrogens is 1. The highest BCUT2D eigenvalue weighted by Crippen LogP contribution is 2.31. The van der Waals surface area contributed by atoms with E-state index in [2.05, 4.69) is 17.5 Å². The van der Waals surface area contributed by atoms with Gasteiger partial charge in [-0.1, -0.05) is 6.07 Å². The van der Waals surface area contributed by atoms with Crippen molar-refractivity contribution in [2.24, 2.45) is 0 Å². The van der Waals surface area contributed by atoms with Crippen LogP contribution in [0.25, 0.3) is 21.8 Å². The number of fused-ring (bicyclic) bond motifs is 3. The minimum absolute atomic E-state index is 0.362. The van der Waals surface area contributed by atoms with E-state index >= 15 is 0 Å². The highest BCUT2D eigenvalue weighted by atomic mass is 16.5. The number of nitrogens with one attached hydrogen (secondary N) is 1. The number of aliphatic hydroxyl groups excluding tert-OH is 1. The summed E-state index contributed by atoms with van der Waals surface area (Å²) in [4.78, 5) is 0. The van der Waals surface area contributed by atoms with Crippen molar-refractivity contribution in [1.82, 2.24) is 4.57 Å². The standard InChI is InChI=1S/C24H20N4O2/c1-30-20-4-2-3-18(11-20)27-14-19(29)15-28-23-7-5-16(12-25)9-21(23)22-10-17(13-26)6-8-24(22)28/h2-11,19,27,29H,14-15H2,1H3. The van der Waals surface area contributed by atoms with E-state index in [-0.39, 0.29) is 0 Å². The monoisotopic (exact) mass is 396 g/mol. The molecule has 1 atom stereocenters. The smallest absolute Gasteiger partial charge is 0.120 e. The molecule has 6 nitrogen and oxygen atoms in total. The van der Waals surface area contributed by atoms with E-state index in [4.69, 9.17) is 4.74 Å². The first-order valence-corrected chi connectivity index (χ1v) is 9.55. The largest absolute Gasteiger partial charge is 0.497 e. The first-order chi connectivity index (χ1) is 14.6. The molecule has 3 aromatic carbocycles. The van der Waals surface area contributed by atoms with E-state index in [1.165, 1.54) is 0 Å². The zero-order valence-electron chi connectivity index (χ0n) is 16.5. The quantitative estimate of drug-likeness (QED) is 0.513. The van der Waals surface area contributed by atoms with E-state index < -0.39 is 6.10 Å². The fraction of sp³-hybridized carbons (Fsp3) is 0.167. The van der Waals surface area contributed by atoms with Crippen molar-refractivity contribution in [3.8, 4) is 17.9 Å². The third kappa shape index (κ3) is 3.65. The van der Waals surface area contributed by atoms with E-state index in [0.717, 1.165) is 33.2 Å². The first-order valence-electron chi connectivity index (χ1n) is 9.55. The SMILES string of the molecule is COc1cccc(NCC(O)Cn2c3ccc(C#N)cc3c3cc(C#N)ccc32)c1. The molecule has 148 valence electrons. The summed E-state index contributed by atoms with van der Waals surface area (Å²) in [5.74, 6) is 0.749. The molecule has 30 heavy (non-hydrogen) atoms. The van der Waals surface area contributed by atoms with Crippen LogP contribution in [-0.4, -0.2) is 29.4 Å². The number of nitriles is 2. The van der Waals surface area contributed by atoms with Gasteiger partial charge in [-0.3, -0.25) is 0 Å². The Balaban J connectivity index is 1.65. The number of benzene rings is 3. The molecule has 0 saturated heterocycles. The van der Waals surface area contributed by atoms with E-state index in [0.29, 0.717) is 24.2 Å². The fourth-order valence-electron chi connectivity index (χ4n) is 3.68. The number of rotatable bonds is 6. The Labute approximate surface area is 174 Å². The minimum Gasteiger partial charge on any atom is -0.497 e. The summed E-state index contributed by atoms with van der Waals surface area (Å²) in [6, 6.07) is 22.9. The average Bonchev–Trinajstić information content (AvgIpc) is 3.09. The van der Waals surface area contributed by atoms with Gasteiger partial charge in [0, 0.05) is 40.1 Å². The van der Waals surface area contributed by atoms with Crippen molar-refractivity contribution in [3.63, 3.8) is 0 Å².